The first-order valence-electron chi connectivity index (χ1n) is 4.96. The molecule has 1 atom stereocenters. The van der Waals surface area contributed by atoms with Gasteiger partial charge in [-0.25, -0.2) is 4.79 Å². The van der Waals surface area contributed by atoms with E-state index >= 15 is 0 Å². The van der Waals surface area contributed by atoms with E-state index in [1.54, 1.807) is 18.7 Å². The molecule has 0 radical (unpaired) electrons. The van der Waals surface area contributed by atoms with Gasteiger partial charge in [-0.1, -0.05) is 6.58 Å². The van der Waals surface area contributed by atoms with Gasteiger partial charge in [0, 0.05) is 5.75 Å². The highest BCUT2D eigenvalue weighted by molar-refractivity contribution is 8.04. The first-order chi connectivity index (χ1) is 7.75. The molecule has 17 heavy (non-hydrogen) atoms. The summed E-state index contributed by atoms with van der Waals surface area (Å²) in [6.45, 7) is 4.37. The summed E-state index contributed by atoms with van der Waals surface area (Å²) in [5.41, 5.74) is -1.45. The number of alkyl halides is 3. The van der Waals surface area contributed by atoms with E-state index in [0.717, 1.165) is 17.9 Å². The molecule has 0 aromatic carbocycles. The van der Waals surface area contributed by atoms with Gasteiger partial charge in [-0.2, -0.15) is 24.9 Å². The molecule has 7 heteroatoms. The number of ether oxygens (including phenoxy) is 1. The molecule has 0 aliphatic carbocycles. The van der Waals surface area contributed by atoms with E-state index in [2.05, 4.69) is 6.58 Å². The largest absolute Gasteiger partial charge is 0.444 e. The molecule has 98 valence electrons. The summed E-state index contributed by atoms with van der Waals surface area (Å²) in [5.74, 6) is 0.819. The summed E-state index contributed by atoms with van der Waals surface area (Å²) < 4.78 is 41.7. The lowest BCUT2D eigenvalue weighted by Crippen LogP contribution is -2.33. The molecule has 1 unspecified atom stereocenters. The van der Waals surface area contributed by atoms with Crippen molar-refractivity contribution in [1.82, 2.24) is 0 Å². The summed E-state index contributed by atoms with van der Waals surface area (Å²) in [6, 6.07) is 0. The second kappa shape index (κ2) is 5.56. The lowest BCUT2D eigenvalue weighted by atomic mass is 10.3. The third kappa shape index (κ3) is 4.46. The van der Waals surface area contributed by atoms with Gasteiger partial charge in [0.1, 0.15) is 5.57 Å². The van der Waals surface area contributed by atoms with Crippen LogP contribution in [0.2, 0.25) is 0 Å². The van der Waals surface area contributed by atoms with Gasteiger partial charge in [-0.15, -0.1) is 11.8 Å². The number of rotatable bonds is 2. The van der Waals surface area contributed by atoms with Gasteiger partial charge in [-0.05, 0) is 24.9 Å². The lowest BCUT2D eigenvalue weighted by molar-refractivity contribution is -0.155. The monoisotopic (exact) mass is 286 g/mol. The number of carbonyl (C=O) groups is 1. The first-order valence-corrected chi connectivity index (χ1v) is 7.10. The van der Waals surface area contributed by atoms with E-state index in [1.807, 2.05) is 0 Å². The molecule has 0 aromatic heterocycles. The van der Waals surface area contributed by atoms with Crippen LogP contribution < -0.4 is 0 Å². The standard InChI is InChI=1S/C10H13F3O2S2/c1-7(10(11,12)13)8(14)15-9(2)6-16-4-3-5-17-9/h1,3-6H2,2H3. The maximum atomic E-state index is 12.2. The molecule has 1 aliphatic heterocycles. The van der Waals surface area contributed by atoms with Crippen LogP contribution in [0.5, 0.6) is 0 Å². The van der Waals surface area contributed by atoms with Gasteiger partial charge < -0.3 is 4.74 Å². The molecule has 1 fully saturated rings. The van der Waals surface area contributed by atoms with Gasteiger partial charge in [0.25, 0.3) is 0 Å². The Morgan fingerprint density at radius 2 is 2.06 bits per heavy atom. The zero-order valence-electron chi connectivity index (χ0n) is 9.30. The predicted octanol–water partition coefficient (Wildman–Crippen LogP) is 3.23. The van der Waals surface area contributed by atoms with E-state index < -0.39 is 22.7 Å². The summed E-state index contributed by atoms with van der Waals surface area (Å²) >= 11 is 2.95. The van der Waals surface area contributed by atoms with E-state index in [1.165, 1.54) is 11.8 Å². The first kappa shape index (κ1) is 14.8. The highest BCUT2D eigenvalue weighted by Gasteiger charge is 2.41. The quantitative estimate of drug-likeness (QED) is 0.575. The average molecular weight is 286 g/mol. The Hall–Kier alpha value is -0.300. The van der Waals surface area contributed by atoms with Crippen molar-refractivity contribution in [2.45, 2.75) is 24.5 Å². The summed E-state index contributed by atoms with van der Waals surface area (Å²) in [5, 5.41) is 0. The van der Waals surface area contributed by atoms with Gasteiger partial charge in [0.15, 0.2) is 4.93 Å². The lowest BCUT2D eigenvalue weighted by Gasteiger charge is -2.27. The van der Waals surface area contributed by atoms with E-state index in [4.69, 9.17) is 4.74 Å². The van der Waals surface area contributed by atoms with Crippen LogP contribution in [-0.2, 0) is 9.53 Å². The fourth-order valence-electron chi connectivity index (χ4n) is 1.18. The molecule has 0 N–H and O–H groups in total. The maximum absolute atomic E-state index is 12.2. The fraction of sp³-hybridized carbons (Fsp3) is 0.700. The molecule has 2 nitrogen and oxygen atoms in total. The van der Waals surface area contributed by atoms with Crippen LogP contribution in [0.1, 0.15) is 13.3 Å². The van der Waals surface area contributed by atoms with Crippen LogP contribution in [0.3, 0.4) is 0 Å². The molecule has 1 saturated heterocycles. The van der Waals surface area contributed by atoms with Crippen LogP contribution >= 0.6 is 23.5 Å². The number of esters is 1. The molecule has 0 aromatic rings. The van der Waals surface area contributed by atoms with E-state index in [-0.39, 0.29) is 0 Å². The number of halogens is 3. The second-order valence-corrected chi connectivity index (χ2v) is 6.42. The van der Waals surface area contributed by atoms with Crippen LogP contribution in [0, 0.1) is 0 Å². The zero-order chi connectivity index (χ0) is 13.1. The Bertz CT molecular complexity index is 307. The summed E-state index contributed by atoms with van der Waals surface area (Å²) in [6.07, 6.45) is -3.77. The highest BCUT2D eigenvalue weighted by Crippen LogP contribution is 2.36. The Kier molecular flexibility index (Phi) is 4.83. The highest BCUT2D eigenvalue weighted by atomic mass is 32.2. The summed E-state index contributed by atoms with van der Waals surface area (Å²) in [7, 11) is 0. The molecular formula is C10H13F3O2S2. The van der Waals surface area contributed by atoms with Crippen molar-refractivity contribution in [2.75, 3.05) is 17.3 Å². The van der Waals surface area contributed by atoms with Crippen molar-refractivity contribution in [1.29, 1.82) is 0 Å². The molecule has 0 spiro atoms. The summed E-state index contributed by atoms with van der Waals surface area (Å²) in [4.78, 5) is 10.4. The minimum Gasteiger partial charge on any atom is -0.444 e. The molecule has 0 amide bonds. The number of hydrogen-bond donors (Lipinski definition) is 0. The van der Waals surface area contributed by atoms with Crippen molar-refractivity contribution in [3.63, 3.8) is 0 Å². The Balaban J connectivity index is 2.63. The smallest absolute Gasteiger partial charge is 0.422 e. The fourth-order valence-corrected chi connectivity index (χ4v) is 3.72. The van der Waals surface area contributed by atoms with Crippen molar-refractivity contribution in [2.24, 2.45) is 0 Å². The third-order valence-electron chi connectivity index (χ3n) is 2.10. The third-order valence-corrected chi connectivity index (χ3v) is 4.95. The van der Waals surface area contributed by atoms with Gasteiger partial charge in [-0.3, -0.25) is 0 Å². The van der Waals surface area contributed by atoms with Crippen LogP contribution in [0.25, 0.3) is 0 Å². The normalized spacial score (nSPS) is 26.1. The zero-order valence-corrected chi connectivity index (χ0v) is 10.9. The van der Waals surface area contributed by atoms with Crippen LogP contribution in [0.4, 0.5) is 13.2 Å². The van der Waals surface area contributed by atoms with Crippen LogP contribution in [-0.4, -0.2) is 34.3 Å². The average Bonchev–Trinajstić information content (AvgIpc) is 2.40. The topological polar surface area (TPSA) is 26.3 Å². The van der Waals surface area contributed by atoms with Gasteiger partial charge >= 0.3 is 12.1 Å². The SMILES string of the molecule is C=C(C(=O)OC1(C)CSCCCS1)C(F)(F)F. The van der Waals surface area contributed by atoms with Crippen molar-refractivity contribution in [3.05, 3.63) is 12.2 Å². The number of thioether (sulfide) groups is 2. The predicted molar refractivity (Wildman–Crippen MR) is 64.1 cm³/mol. The molecule has 1 heterocycles. The number of hydrogen-bond acceptors (Lipinski definition) is 4. The maximum Gasteiger partial charge on any atom is 0.422 e. The minimum absolute atomic E-state index is 0.495. The molecule has 1 aliphatic rings. The minimum atomic E-state index is -4.73. The Labute approximate surface area is 106 Å². The van der Waals surface area contributed by atoms with Gasteiger partial charge in [0.2, 0.25) is 0 Å². The van der Waals surface area contributed by atoms with E-state index in [0.29, 0.717) is 5.75 Å². The Morgan fingerprint density at radius 3 is 2.65 bits per heavy atom. The molecular weight excluding hydrogens is 273 g/mol. The van der Waals surface area contributed by atoms with Gasteiger partial charge in [0.05, 0.1) is 0 Å². The number of carbonyl (C=O) groups excluding carboxylic acids is 1. The van der Waals surface area contributed by atoms with Crippen molar-refractivity contribution < 1.29 is 22.7 Å². The van der Waals surface area contributed by atoms with Crippen LogP contribution in [0.15, 0.2) is 12.2 Å². The Morgan fingerprint density at radius 1 is 1.41 bits per heavy atom. The van der Waals surface area contributed by atoms with E-state index in [9.17, 15) is 18.0 Å². The molecule has 0 saturated carbocycles. The second-order valence-electron chi connectivity index (χ2n) is 3.75. The molecule has 0 bridgehead atoms. The molecule has 1 rings (SSSR count). The van der Waals surface area contributed by atoms with Crippen molar-refractivity contribution >= 4 is 29.5 Å². The van der Waals surface area contributed by atoms with Crippen molar-refractivity contribution in [3.8, 4) is 0 Å².